The smallest absolute Gasteiger partial charge is 0.227 e. The molecule has 1 atom stereocenters. The largest absolute Gasteiger partial charge is 0.375 e. The molecule has 6 nitrogen and oxygen atoms in total. The molecule has 3 aromatic rings. The van der Waals surface area contributed by atoms with Crippen LogP contribution in [0.3, 0.4) is 0 Å². The Morgan fingerprint density at radius 2 is 1.82 bits per heavy atom. The van der Waals surface area contributed by atoms with Gasteiger partial charge in [0.25, 0.3) is 0 Å². The highest BCUT2D eigenvalue weighted by Crippen LogP contribution is 2.39. The Kier molecular flexibility index (Phi) is 6.68. The predicted molar refractivity (Wildman–Crippen MR) is 132 cm³/mol. The van der Waals surface area contributed by atoms with Gasteiger partial charge < -0.3 is 19.9 Å². The molecule has 2 amide bonds. The van der Waals surface area contributed by atoms with Crippen LogP contribution in [0.25, 0.3) is 10.9 Å². The molecule has 2 aliphatic rings. The van der Waals surface area contributed by atoms with E-state index in [9.17, 15) is 9.59 Å². The monoisotopic (exact) mass is 459 g/mol. The lowest BCUT2D eigenvalue weighted by Crippen LogP contribution is -2.51. The Morgan fingerprint density at radius 1 is 1.06 bits per heavy atom. The molecule has 2 aromatic carbocycles. The van der Waals surface area contributed by atoms with Crippen LogP contribution in [0.5, 0.6) is 0 Å². The first-order valence-electron chi connectivity index (χ1n) is 12.4. The summed E-state index contributed by atoms with van der Waals surface area (Å²) in [5.74, 6) is 0.613. The van der Waals surface area contributed by atoms with Crippen LogP contribution in [0.15, 0.2) is 60.8 Å². The number of nitrogens with zero attached hydrogens (tertiary/aromatic N) is 1. The lowest BCUT2D eigenvalue weighted by molar-refractivity contribution is -0.148. The third-order valence-electron chi connectivity index (χ3n) is 7.45. The van der Waals surface area contributed by atoms with E-state index < -0.39 is 0 Å². The molecule has 0 saturated carbocycles. The Bertz CT molecular complexity index is 1130. The van der Waals surface area contributed by atoms with Gasteiger partial charge in [0.15, 0.2) is 0 Å². The van der Waals surface area contributed by atoms with Gasteiger partial charge in [0.1, 0.15) is 0 Å². The third-order valence-corrected chi connectivity index (χ3v) is 7.45. The number of rotatable bonds is 6. The predicted octanol–water partition coefficient (Wildman–Crippen LogP) is 4.20. The van der Waals surface area contributed by atoms with Gasteiger partial charge in [-0.2, -0.15) is 0 Å². The van der Waals surface area contributed by atoms with E-state index in [2.05, 4.69) is 16.4 Å². The van der Waals surface area contributed by atoms with Gasteiger partial charge >= 0.3 is 0 Å². The fourth-order valence-corrected chi connectivity index (χ4v) is 5.50. The van der Waals surface area contributed by atoms with Crippen molar-refractivity contribution in [1.29, 1.82) is 0 Å². The van der Waals surface area contributed by atoms with Crippen LogP contribution in [0.1, 0.15) is 43.2 Å². The first kappa shape index (κ1) is 22.7. The van der Waals surface area contributed by atoms with Crippen LogP contribution in [0, 0.1) is 5.92 Å². The number of H-pyrrole nitrogens is 1. The molecule has 0 radical (unpaired) electrons. The summed E-state index contributed by atoms with van der Waals surface area (Å²) in [6.45, 7) is 2.70. The summed E-state index contributed by atoms with van der Waals surface area (Å²) in [6.07, 6.45) is 6.42. The quantitative estimate of drug-likeness (QED) is 0.580. The summed E-state index contributed by atoms with van der Waals surface area (Å²) in [4.78, 5) is 30.8. The molecule has 0 bridgehead atoms. The molecular weight excluding hydrogens is 426 g/mol. The van der Waals surface area contributed by atoms with Crippen molar-refractivity contribution in [1.82, 2.24) is 15.2 Å². The molecule has 2 saturated heterocycles. The van der Waals surface area contributed by atoms with E-state index in [0.29, 0.717) is 45.0 Å². The van der Waals surface area contributed by atoms with E-state index >= 15 is 0 Å². The Morgan fingerprint density at radius 3 is 2.65 bits per heavy atom. The van der Waals surface area contributed by atoms with Crippen LogP contribution in [-0.2, 0) is 27.3 Å². The zero-order valence-electron chi connectivity index (χ0n) is 19.6. The maximum absolute atomic E-state index is 13.0. The third kappa shape index (κ3) is 5.17. The Hall–Kier alpha value is -3.12. The molecular formula is C28H33N3O3. The Balaban J connectivity index is 1.11. The van der Waals surface area contributed by atoms with Crippen molar-refractivity contribution in [2.24, 2.45) is 5.92 Å². The number of piperidine rings is 1. The molecule has 5 rings (SSSR count). The number of likely N-dealkylation sites (tertiary alicyclic amines) is 1. The fraction of sp³-hybridized carbons (Fsp3) is 0.429. The van der Waals surface area contributed by atoms with Crippen molar-refractivity contribution < 1.29 is 14.3 Å². The SMILES string of the molecule is O=C(CC1CCOC2(CCN(C(=O)Cc3c[nH]c4ccccc34)CC2)C1)NCc1ccccc1. The maximum atomic E-state index is 13.0. The van der Waals surface area contributed by atoms with Gasteiger partial charge in [-0.15, -0.1) is 0 Å². The van der Waals surface area contributed by atoms with Crippen molar-refractivity contribution in [2.75, 3.05) is 19.7 Å². The average Bonchev–Trinajstić information content (AvgIpc) is 3.27. The highest BCUT2D eigenvalue weighted by atomic mass is 16.5. The zero-order valence-corrected chi connectivity index (χ0v) is 19.6. The molecule has 2 aliphatic heterocycles. The molecule has 1 aromatic heterocycles. The van der Waals surface area contributed by atoms with Crippen LogP contribution in [0.2, 0.25) is 0 Å². The minimum atomic E-state index is -0.194. The molecule has 3 heterocycles. The molecule has 0 aliphatic carbocycles. The van der Waals surface area contributed by atoms with Crippen LogP contribution >= 0.6 is 0 Å². The number of amides is 2. The van der Waals surface area contributed by atoms with Gasteiger partial charge in [-0.05, 0) is 48.8 Å². The number of para-hydroxylation sites is 1. The molecule has 1 spiro atoms. The molecule has 2 N–H and O–H groups in total. The van der Waals surface area contributed by atoms with E-state index in [-0.39, 0.29) is 17.4 Å². The number of hydrogen-bond acceptors (Lipinski definition) is 3. The van der Waals surface area contributed by atoms with Crippen molar-refractivity contribution in [2.45, 2.75) is 50.7 Å². The standard InChI is InChI=1S/C28H33N3O3/c32-26(30-19-21-6-2-1-3-7-21)16-22-10-15-34-28(18-22)11-13-31(14-12-28)27(33)17-23-20-29-25-9-5-4-8-24(23)25/h1-9,20,22,29H,10-19H2,(H,30,32). The average molecular weight is 460 g/mol. The summed E-state index contributed by atoms with van der Waals surface area (Å²) in [5.41, 5.74) is 3.04. The first-order valence-corrected chi connectivity index (χ1v) is 12.4. The normalized spacial score (nSPS) is 19.9. The van der Waals surface area contributed by atoms with Crippen LogP contribution in [0.4, 0.5) is 0 Å². The molecule has 1 unspecified atom stereocenters. The van der Waals surface area contributed by atoms with Crippen LogP contribution in [-0.4, -0.2) is 47.0 Å². The highest BCUT2D eigenvalue weighted by Gasteiger charge is 2.41. The summed E-state index contributed by atoms with van der Waals surface area (Å²) in [7, 11) is 0. The second-order valence-electron chi connectivity index (χ2n) is 9.77. The molecule has 34 heavy (non-hydrogen) atoms. The maximum Gasteiger partial charge on any atom is 0.227 e. The number of carbonyl (C=O) groups excluding carboxylic acids is 2. The zero-order chi connectivity index (χ0) is 23.4. The van der Waals surface area contributed by atoms with E-state index in [1.165, 1.54) is 0 Å². The number of carbonyl (C=O) groups is 2. The van der Waals surface area contributed by atoms with Gasteiger partial charge in [-0.1, -0.05) is 48.5 Å². The number of hydrogen-bond donors (Lipinski definition) is 2. The van der Waals surface area contributed by atoms with Gasteiger partial charge in [-0.3, -0.25) is 9.59 Å². The summed E-state index contributed by atoms with van der Waals surface area (Å²) < 4.78 is 6.26. The van der Waals surface area contributed by atoms with Crippen molar-refractivity contribution >= 4 is 22.7 Å². The lowest BCUT2D eigenvalue weighted by atomic mass is 9.78. The lowest BCUT2D eigenvalue weighted by Gasteiger charge is -2.46. The van der Waals surface area contributed by atoms with Crippen molar-refractivity contribution in [3.05, 3.63) is 71.9 Å². The second kappa shape index (κ2) is 10.0. The number of ether oxygens (including phenoxy) is 1. The number of benzene rings is 2. The number of fused-ring (bicyclic) bond motifs is 1. The topological polar surface area (TPSA) is 74.4 Å². The number of aromatic amines is 1. The summed E-state index contributed by atoms with van der Waals surface area (Å²) >= 11 is 0. The Labute approximate surface area is 200 Å². The number of aromatic nitrogens is 1. The molecule has 6 heteroatoms. The molecule has 178 valence electrons. The van der Waals surface area contributed by atoms with E-state index in [4.69, 9.17) is 4.74 Å². The minimum absolute atomic E-state index is 0.109. The fourth-order valence-electron chi connectivity index (χ4n) is 5.50. The van der Waals surface area contributed by atoms with Gasteiger partial charge in [0.2, 0.25) is 11.8 Å². The first-order chi connectivity index (χ1) is 16.6. The number of nitrogens with one attached hydrogen (secondary N) is 2. The molecule has 2 fully saturated rings. The second-order valence-corrected chi connectivity index (χ2v) is 9.77. The summed E-state index contributed by atoms with van der Waals surface area (Å²) in [6, 6.07) is 18.1. The van der Waals surface area contributed by atoms with E-state index in [0.717, 1.165) is 47.7 Å². The van der Waals surface area contributed by atoms with Crippen molar-refractivity contribution in [3.8, 4) is 0 Å². The van der Waals surface area contributed by atoms with Crippen molar-refractivity contribution in [3.63, 3.8) is 0 Å². The van der Waals surface area contributed by atoms with Crippen LogP contribution < -0.4 is 5.32 Å². The van der Waals surface area contributed by atoms with Gasteiger partial charge in [-0.25, -0.2) is 0 Å². The minimum Gasteiger partial charge on any atom is -0.375 e. The summed E-state index contributed by atoms with van der Waals surface area (Å²) in [5, 5.41) is 4.18. The van der Waals surface area contributed by atoms with E-state index in [1.54, 1.807) is 0 Å². The van der Waals surface area contributed by atoms with Gasteiger partial charge in [0, 0.05) is 49.8 Å². The highest BCUT2D eigenvalue weighted by molar-refractivity contribution is 5.88. The van der Waals surface area contributed by atoms with E-state index in [1.807, 2.05) is 59.6 Å². The van der Waals surface area contributed by atoms with Gasteiger partial charge in [0.05, 0.1) is 12.0 Å².